The lowest BCUT2D eigenvalue weighted by Crippen LogP contribution is -1.90. The molecule has 4 rings (SSSR count). The Morgan fingerprint density at radius 2 is 0.825 bits per heavy atom. The number of hydrogen-bond acceptors (Lipinski definition) is 8. The SMILES string of the molecule is O=[N+]([O-])c1ccc(Oc2ccc(C=NCCCCN=Cc3ccc(Oc4ccc([N+](=O)[O-])cc4)cc3)cc2)cc1. The number of aliphatic imine (C=N–C) groups is 2. The Bertz CT molecular complexity index is 1350. The molecule has 4 aromatic carbocycles. The molecule has 0 saturated heterocycles. The van der Waals surface area contributed by atoms with Crippen molar-refractivity contribution in [2.75, 3.05) is 13.1 Å². The van der Waals surface area contributed by atoms with Crippen molar-refractivity contribution in [1.82, 2.24) is 0 Å². The van der Waals surface area contributed by atoms with Gasteiger partial charge < -0.3 is 9.47 Å². The lowest BCUT2D eigenvalue weighted by atomic mass is 10.2. The average Bonchev–Trinajstić information content (AvgIpc) is 2.97. The van der Waals surface area contributed by atoms with Crippen molar-refractivity contribution in [2.24, 2.45) is 9.98 Å². The molecule has 0 atom stereocenters. The van der Waals surface area contributed by atoms with Gasteiger partial charge in [0.1, 0.15) is 23.0 Å². The van der Waals surface area contributed by atoms with Crippen LogP contribution in [0.2, 0.25) is 0 Å². The maximum Gasteiger partial charge on any atom is 0.269 e. The van der Waals surface area contributed by atoms with Crippen LogP contribution < -0.4 is 9.47 Å². The summed E-state index contributed by atoms with van der Waals surface area (Å²) in [5.41, 5.74) is 1.95. The van der Waals surface area contributed by atoms with Gasteiger partial charge in [0.05, 0.1) is 9.85 Å². The molecule has 0 aliphatic carbocycles. The standard InChI is InChI=1S/C30H26N4O6/c35-33(36)25-7-15-29(16-8-25)39-27-11-3-23(4-12-27)21-31-19-1-2-20-32-22-24-5-13-28(14-6-24)40-30-17-9-26(10-18-30)34(37)38/h3-18,21-22H,1-2,19-20H2. The minimum Gasteiger partial charge on any atom is -0.457 e. The van der Waals surface area contributed by atoms with Crippen LogP contribution in [0, 0.1) is 20.2 Å². The Hall–Kier alpha value is -5.38. The Morgan fingerprint density at radius 3 is 1.12 bits per heavy atom. The highest BCUT2D eigenvalue weighted by Gasteiger charge is 2.06. The van der Waals surface area contributed by atoms with E-state index in [0.29, 0.717) is 36.1 Å². The predicted molar refractivity (Wildman–Crippen MR) is 153 cm³/mol. The highest BCUT2D eigenvalue weighted by molar-refractivity contribution is 5.80. The summed E-state index contributed by atoms with van der Waals surface area (Å²) in [6.07, 6.45) is 5.47. The number of non-ortho nitro benzene ring substituents is 2. The first kappa shape index (κ1) is 27.6. The van der Waals surface area contributed by atoms with Gasteiger partial charge in [0.15, 0.2) is 0 Å². The number of ether oxygens (including phenoxy) is 2. The van der Waals surface area contributed by atoms with Gasteiger partial charge in [-0.1, -0.05) is 0 Å². The minimum atomic E-state index is -0.448. The van der Waals surface area contributed by atoms with E-state index in [9.17, 15) is 20.2 Å². The Labute approximate surface area is 230 Å². The molecule has 10 heteroatoms. The number of nitro groups is 2. The smallest absolute Gasteiger partial charge is 0.269 e. The van der Waals surface area contributed by atoms with Gasteiger partial charge in [-0.15, -0.1) is 0 Å². The van der Waals surface area contributed by atoms with E-state index in [1.807, 2.05) is 61.0 Å². The number of benzene rings is 4. The molecule has 0 fully saturated rings. The van der Waals surface area contributed by atoms with Gasteiger partial charge in [-0.3, -0.25) is 30.2 Å². The van der Waals surface area contributed by atoms with Crippen molar-refractivity contribution in [3.05, 3.63) is 128 Å². The van der Waals surface area contributed by atoms with Gasteiger partial charge >= 0.3 is 0 Å². The first-order chi connectivity index (χ1) is 19.5. The lowest BCUT2D eigenvalue weighted by molar-refractivity contribution is -0.385. The molecule has 40 heavy (non-hydrogen) atoms. The second-order valence-electron chi connectivity index (χ2n) is 8.62. The second kappa shape index (κ2) is 14.0. The summed E-state index contributed by atoms with van der Waals surface area (Å²) in [5.74, 6) is 2.33. The van der Waals surface area contributed by atoms with Gasteiger partial charge in [0, 0.05) is 49.8 Å². The van der Waals surface area contributed by atoms with Crippen molar-refractivity contribution in [1.29, 1.82) is 0 Å². The van der Waals surface area contributed by atoms with Crippen molar-refractivity contribution in [3.63, 3.8) is 0 Å². The molecule has 0 aliphatic heterocycles. The fraction of sp³-hybridized carbons (Fsp3) is 0.133. The molecule has 0 saturated carbocycles. The summed E-state index contributed by atoms with van der Waals surface area (Å²) < 4.78 is 11.4. The molecular weight excluding hydrogens is 512 g/mol. The van der Waals surface area contributed by atoms with E-state index in [1.165, 1.54) is 24.3 Å². The zero-order valence-electron chi connectivity index (χ0n) is 21.5. The third-order valence-electron chi connectivity index (χ3n) is 5.63. The summed E-state index contributed by atoms with van der Waals surface area (Å²) in [7, 11) is 0. The molecule has 0 N–H and O–H groups in total. The quantitative estimate of drug-likeness (QED) is 0.0754. The molecule has 0 amide bonds. The van der Waals surface area contributed by atoms with Crippen molar-refractivity contribution >= 4 is 23.8 Å². The Balaban J connectivity index is 1.12. The third-order valence-corrected chi connectivity index (χ3v) is 5.63. The molecule has 0 unspecified atom stereocenters. The van der Waals surface area contributed by atoms with Crippen molar-refractivity contribution in [2.45, 2.75) is 12.8 Å². The van der Waals surface area contributed by atoms with E-state index >= 15 is 0 Å². The monoisotopic (exact) mass is 538 g/mol. The summed E-state index contributed by atoms with van der Waals surface area (Å²) in [5, 5.41) is 21.5. The van der Waals surface area contributed by atoms with Crippen LogP contribution in [0.25, 0.3) is 0 Å². The molecular formula is C30H26N4O6. The number of rotatable bonds is 13. The zero-order valence-corrected chi connectivity index (χ0v) is 21.5. The van der Waals surface area contributed by atoms with E-state index in [2.05, 4.69) is 9.98 Å². The van der Waals surface area contributed by atoms with Crippen LogP contribution in [0.1, 0.15) is 24.0 Å². The predicted octanol–water partition coefficient (Wildman–Crippen LogP) is 7.41. The summed E-state index contributed by atoms with van der Waals surface area (Å²) in [6, 6.07) is 26.8. The maximum atomic E-state index is 10.7. The summed E-state index contributed by atoms with van der Waals surface area (Å²) >= 11 is 0. The fourth-order valence-electron chi connectivity index (χ4n) is 3.53. The molecule has 0 radical (unpaired) electrons. The summed E-state index contributed by atoms with van der Waals surface area (Å²) in [4.78, 5) is 29.5. The van der Waals surface area contributed by atoms with Crippen molar-refractivity contribution in [3.8, 4) is 23.0 Å². The largest absolute Gasteiger partial charge is 0.457 e. The minimum absolute atomic E-state index is 0.0195. The maximum absolute atomic E-state index is 10.7. The lowest BCUT2D eigenvalue weighted by Gasteiger charge is -2.05. The molecule has 4 aromatic rings. The number of nitro benzene ring substituents is 2. The molecule has 202 valence electrons. The second-order valence-corrected chi connectivity index (χ2v) is 8.62. The molecule has 0 spiro atoms. The van der Waals surface area contributed by atoms with Crippen LogP contribution in [0.5, 0.6) is 23.0 Å². The first-order valence-electron chi connectivity index (χ1n) is 12.5. The number of hydrogen-bond donors (Lipinski definition) is 0. The molecule has 0 aliphatic rings. The summed E-state index contributed by atoms with van der Waals surface area (Å²) in [6.45, 7) is 1.40. The highest BCUT2D eigenvalue weighted by atomic mass is 16.6. The third kappa shape index (κ3) is 8.59. The van der Waals surface area contributed by atoms with Crippen LogP contribution in [0.3, 0.4) is 0 Å². The van der Waals surface area contributed by atoms with Crippen LogP contribution >= 0.6 is 0 Å². The van der Waals surface area contributed by atoms with E-state index < -0.39 is 9.85 Å². The van der Waals surface area contributed by atoms with E-state index in [-0.39, 0.29) is 11.4 Å². The van der Waals surface area contributed by atoms with E-state index in [1.54, 1.807) is 24.3 Å². The van der Waals surface area contributed by atoms with Gasteiger partial charge in [0.25, 0.3) is 11.4 Å². The van der Waals surface area contributed by atoms with Gasteiger partial charge in [-0.2, -0.15) is 0 Å². The van der Waals surface area contributed by atoms with E-state index in [4.69, 9.17) is 9.47 Å². The molecule has 10 nitrogen and oxygen atoms in total. The van der Waals surface area contributed by atoms with E-state index in [0.717, 1.165) is 24.0 Å². The first-order valence-corrected chi connectivity index (χ1v) is 12.5. The fourth-order valence-corrected chi connectivity index (χ4v) is 3.53. The molecule has 0 aromatic heterocycles. The van der Waals surface area contributed by atoms with Crippen LogP contribution in [0.15, 0.2) is 107 Å². The molecule has 0 heterocycles. The van der Waals surface area contributed by atoms with Gasteiger partial charge in [-0.25, -0.2) is 0 Å². The van der Waals surface area contributed by atoms with Gasteiger partial charge in [-0.05, 0) is 96.8 Å². The highest BCUT2D eigenvalue weighted by Crippen LogP contribution is 2.25. The average molecular weight is 539 g/mol. The van der Waals surface area contributed by atoms with Gasteiger partial charge in [0.2, 0.25) is 0 Å². The topological polar surface area (TPSA) is 129 Å². The van der Waals surface area contributed by atoms with Crippen molar-refractivity contribution < 1.29 is 19.3 Å². The Morgan fingerprint density at radius 1 is 0.525 bits per heavy atom. The number of nitrogens with zero attached hydrogens (tertiary/aromatic N) is 4. The van der Waals surface area contributed by atoms with Crippen LogP contribution in [0.4, 0.5) is 11.4 Å². The van der Waals surface area contributed by atoms with Crippen LogP contribution in [-0.4, -0.2) is 35.4 Å². The molecule has 0 bridgehead atoms. The zero-order chi connectivity index (χ0) is 28.2. The normalized spacial score (nSPS) is 11.1. The number of unbranched alkanes of at least 4 members (excludes halogenated alkanes) is 1. The van der Waals surface area contributed by atoms with Crippen LogP contribution in [-0.2, 0) is 0 Å². The Kier molecular flexibility index (Phi) is 9.65.